The Labute approximate surface area is 191 Å². The largest absolute Gasteiger partial charge is 0.433 e. The summed E-state index contributed by atoms with van der Waals surface area (Å²) in [6.07, 6.45) is -1.96. The second-order valence-corrected chi connectivity index (χ2v) is 7.91. The molecule has 0 aliphatic carbocycles. The van der Waals surface area contributed by atoms with Crippen LogP contribution in [0.15, 0.2) is 60.9 Å². The number of carbonyl (C=O) groups is 1. The van der Waals surface area contributed by atoms with Crippen LogP contribution in [0.5, 0.6) is 0 Å². The first-order valence-corrected chi connectivity index (χ1v) is 10.4. The number of nitrogens with one attached hydrogen (secondary N) is 1. The van der Waals surface area contributed by atoms with Gasteiger partial charge in [0, 0.05) is 30.4 Å². The molecule has 10 heteroatoms. The van der Waals surface area contributed by atoms with Crippen molar-refractivity contribution in [2.24, 2.45) is 7.05 Å². The number of fused-ring (bicyclic) bond motifs is 2. The summed E-state index contributed by atoms with van der Waals surface area (Å²) in [7, 11) is 1.78. The Morgan fingerprint density at radius 2 is 1.82 bits per heavy atom. The maximum absolute atomic E-state index is 14.0. The van der Waals surface area contributed by atoms with Crippen LogP contribution in [-0.2, 0) is 19.8 Å². The molecule has 34 heavy (non-hydrogen) atoms. The van der Waals surface area contributed by atoms with Gasteiger partial charge in [0.1, 0.15) is 5.56 Å². The minimum atomic E-state index is -4.70. The van der Waals surface area contributed by atoms with Crippen molar-refractivity contribution in [2.75, 3.05) is 0 Å². The van der Waals surface area contributed by atoms with Crippen molar-refractivity contribution in [3.8, 4) is 11.3 Å². The van der Waals surface area contributed by atoms with Gasteiger partial charge >= 0.3 is 6.18 Å². The van der Waals surface area contributed by atoms with Gasteiger partial charge in [-0.3, -0.25) is 9.48 Å². The van der Waals surface area contributed by atoms with E-state index in [1.54, 1.807) is 30.1 Å². The van der Waals surface area contributed by atoms with Crippen molar-refractivity contribution in [3.05, 3.63) is 83.4 Å². The lowest BCUT2D eigenvalue weighted by atomic mass is 10.0. The van der Waals surface area contributed by atoms with E-state index in [-0.39, 0.29) is 23.4 Å². The highest BCUT2D eigenvalue weighted by Gasteiger charge is 2.36. The van der Waals surface area contributed by atoms with Crippen molar-refractivity contribution in [1.82, 2.24) is 29.7 Å². The molecule has 172 valence electrons. The van der Waals surface area contributed by atoms with Crippen molar-refractivity contribution in [1.29, 1.82) is 0 Å². The van der Waals surface area contributed by atoms with Crippen molar-refractivity contribution < 1.29 is 18.0 Å². The molecule has 0 radical (unpaired) electrons. The molecule has 2 aromatic carbocycles. The molecule has 0 saturated heterocycles. The van der Waals surface area contributed by atoms with E-state index in [4.69, 9.17) is 0 Å². The van der Waals surface area contributed by atoms with Gasteiger partial charge in [-0.2, -0.15) is 23.4 Å². The lowest BCUT2D eigenvalue weighted by molar-refractivity contribution is -0.142. The normalized spacial score (nSPS) is 11.9. The van der Waals surface area contributed by atoms with Gasteiger partial charge in [0.05, 0.1) is 18.1 Å². The molecule has 1 N–H and O–H groups in total. The molecular weight excluding hydrogens is 445 g/mol. The van der Waals surface area contributed by atoms with E-state index in [1.807, 2.05) is 37.3 Å². The van der Waals surface area contributed by atoms with Crippen LogP contribution in [0.4, 0.5) is 13.2 Å². The third-order valence-electron chi connectivity index (χ3n) is 5.85. The number of aromatic nitrogens is 5. The Morgan fingerprint density at radius 3 is 2.56 bits per heavy atom. The summed E-state index contributed by atoms with van der Waals surface area (Å²) in [5, 5.41) is 12.3. The lowest BCUT2D eigenvalue weighted by Crippen LogP contribution is -2.23. The molecule has 5 rings (SSSR count). The van der Waals surface area contributed by atoms with Gasteiger partial charge in [0.15, 0.2) is 11.3 Å². The number of carbonyl (C=O) groups excluding carboxylic acids is 1. The Bertz CT molecular complexity index is 1540. The van der Waals surface area contributed by atoms with Crippen LogP contribution >= 0.6 is 0 Å². The van der Waals surface area contributed by atoms with Crippen LogP contribution in [0.3, 0.4) is 0 Å². The topological polar surface area (TPSA) is 77.1 Å². The van der Waals surface area contributed by atoms with E-state index < -0.39 is 17.8 Å². The van der Waals surface area contributed by atoms with Crippen LogP contribution < -0.4 is 5.32 Å². The maximum atomic E-state index is 14.0. The first-order valence-electron chi connectivity index (χ1n) is 10.4. The average Bonchev–Trinajstić information content (AvgIpc) is 3.39. The second-order valence-electron chi connectivity index (χ2n) is 7.91. The van der Waals surface area contributed by atoms with E-state index in [9.17, 15) is 18.0 Å². The highest BCUT2D eigenvalue weighted by molar-refractivity contribution is 6.00. The number of aryl methyl sites for hydroxylation is 1. The highest BCUT2D eigenvalue weighted by Crippen LogP contribution is 2.34. The number of amides is 1. The fourth-order valence-electron chi connectivity index (χ4n) is 3.90. The first kappa shape index (κ1) is 21.6. The number of alkyl halides is 3. The number of halogens is 3. The zero-order valence-electron chi connectivity index (χ0n) is 18.3. The molecule has 0 aliphatic heterocycles. The summed E-state index contributed by atoms with van der Waals surface area (Å²) in [4.78, 5) is 17.4. The number of rotatable bonds is 4. The van der Waals surface area contributed by atoms with Crippen molar-refractivity contribution in [2.45, 2.75) is 19.6 Å². The van der Waals surface area contributed by atoms with Crippen molar-refractivity contribution in [3.63, 3.8) is 0 Å². The van der Waals surface area contributed by atoms with Crippen LogP contribution in [0.2, 0.25) is 0 Å². The van der Waals surface area contributed by atoms with Crippen LogP contribution in [0.1, 0.15) is 27.3 Å². The Hall–Kier alpha value is -4.21. The maximum Gasteiger partial charge on any atom is 0.433 e. The highest BCUT2D eigenvalue weighted by atomic mass is 19.4. The van der Waals surface area contributed by atoms with Gasteiger partial charge in [-0.25, -0.2) is 9.50 Å². The molecule has 3 aromatic heterocycles. The number of benzene rings is 2. The van der Waals surface area contributed by atoms with E-state index in [0.29, 0.717) is 10.1 Å². The van der Waals surface area contributed by atoms with Gasteiger partial charge in [0.25, 0.3) is 5.91 Å². The molecule has 0 saturated carbocycles. The molecule has 0 aliphatic rings. The Kier molecular flexibility index (Phi) is 5.07. The molecule has 1 amide bonds. The molecule has 5 aromatic rings. The predicted molar refractivity (Wildman–Crippen MR) is 120 cm³/mol. The number of nitrogens with zero attached hydrogens (tertiary/aromatic N) is 5. The summed E-state index contributed by atoms with van der Waals surface area (Å²) >= 11 is 0. The summed E-state index contributed by atoms with van der Waals surface area (Å²) in [6, 6.07) is 13.7. The van der Waals surface area contributed by atoms with Crippen molar-refractivity contribution >= 4 is 22.3 Å². The minimum Gasteiger partial charge on any atom is -0.348 e. The molecule has 0 unspecified atom stereocenters. The van der Waals surface area contributed by atoms with Gasteiger partial charge in [0.2, 0.25) is 0 Å². The predicted octanol–water partition coefficient (Wildman–Crippen LogP) is 4.54. The van der Waals surface area contributed by atoms with Gasteiger partial charge in [-0.1, -0.05) is 42.5 Å². The quantitative estimate of drug-likeness (QED) is 0.424. The van der Waals surface area contributed by atoms with Crippen LogP contribution in [0.25, 0.3) is 27.7 Å². The van der Waals surface area contributed by atoms with Gasteiger partial charge in [-0.05, 0) is 23.8 Å². The smallest absolute Gasteiger partial charge is 0.348 e. The summed E-state index contributed by atoms with van der Waals surface area (Å²) in [5.74, 6) is -0.575. The fraction of sp³-hybridized carbons (Fsp3) is 0.167. The first-order chi connectivity index (χ1) is 16.2. The number of hydrogen-bond acceptors (Lipinski definition) is 4. The Balaban J connectivity index is 1.62. The zero-order chi connectivity index (χ0) is 24.0. The van der Waals surface area contributed by atoms with E-state index in [2.05, 4.69) is 20.5 Å². The molecule has 0 fully saturated rings. The zero-order valence-corrected chi connectivity index (χ0v) is 18.3. The van der Waals surface area contributed by atoms with E-state index in [1.165, 1.54) is 0 Å². The SMILES string of the molecule is Cc1c(CNC(=O)c2cnn3c(C(F)(F)F)cc(-c4cccc5ccccc45)nc23)cnn1C. The van der Waals surface area contributed by atoms with Crippen LogP contribution in [0, 0.1) is 6.92 Å². The molecule has 0 bridgehead atoms. The fourth-order valence-corrected chi connectivity index (χ4v) is 3.90. The molecule has 3 heterocycles. The summed E-state index contributed by atoms with van der Waals surface area (Å²) in [6.45, 7) is 2.03. The lowest BCUT2D eigenvalue weighted by Gasteiger charge is -2.13. The third kappa shape index (κ3) is 3.66. The summed E-state index contributed by atoms with van der Waals surface area (Å²) < 4.78 is 44.2. The second kappa shape index (κ2) is 7.98. The number of hydrogen-bond donors (Lipinski definition) is 1. The third-order valence-corrected chi connectivity index (χ3v) is 5.85. The van der Waals surface area contributed by atoms with Gasteiger partial charge < -0.3 is 5.32 Å². The van der Waals surface area contributed by atoms with Crippen LogP contribution in [-0.4, -0.2) is 30.3 Å². The molecule has 0 spiro atoms. The van der Waals surface area contributed by atoms with Gasteiger partial charge in [-0.15, -0.1) is 0 Å². The van der Waals surface area contributed by atoms with E-state index in [0.717, 1.165) is 34.3 Å². The average molecular weight is 464 g/mol. The molecule has 0 atom stereocenters. The van der Waals surface area contributed by atoms with E-state index >= 15 is 0 Å². The minimum absolute atomic E-state index is 0.0471. The Morgan fingerprint density at radius 1 is 1.06 bits per heavy atom. The summed E-state index contributed by atoms with van der Waals surface area (Å²) in [5.41, 5.74) is 1.08. The monoisotopic (exact) mass is 464 g/mol. The molecule has 7 nitrogen and oxygen atoms in total. The molecular formula is C24H19F3N6O. The standard InChI is InChI=1S/C24H19F3N6O/c1-14-16(12-29-32(14)2)11-28-23(34)19-13-30-33-21(24(25,26)27)10-20(31-22(19)33)18-9-5-7-15-6-3-4-8-17(15)18/h3-10,12-13H,11H2,1-2H3,(H,28,34).